The zero-order chi connectivity index (χ0) is 18.3. The van der Waals surface area contributed by atoms with E-state index in [4.69, 9.17) is 21.3 Å². The molecule has 1 atom stereocenters. The van der Waals surface area contributed by atoms with Crippen LogP contribution >= 0.6 is 11.6 Å². The van der Waals surface area contributed by atoms with E-state index in [2.05, 4.69) is 17.0 Å². The van der Waals surface area contributed by atoms with Gasteiger partial charge in [0.15, 0.2) is 17.1 Å². The number of nitrogens with zero attached hydrogens (tertiary/aromatic N) is 4. The largest absolute Gasteiger partial charge is 0.464 e. The van der Waals surface area contributed by atoms with Gasteiger partial charge in [0, 0.05) is 23.9 Å². The van der Waals surface area contributed by atoms with Crippen molar-refractivity contribution in [1.82, 2.24) is 14.6 Å². The maximum Gasteiger partial charge on any atom is 0.198 e. The minimum Gasteiger partial charge on any atom is -0.464 e. The van der Waals surface area contributed by atoms with Gasteiger partial charge in [-0.15, -0.1) is 0 Å². The van der Waals surface area contributed by atoms with Crippen molar-refractivity contribution in [1.29, 1.82) is 0 Å². The summed E-state index contributed by atoms with van der Waals surface area (Å²) in [6.45, 7) is 6.18. The normalized spacial score (nSPS) is 19.2. The third kappa shape index (κ3) is 2.76. The molecule has 1 aliphatic rings. The van der Waals surface area contributed by atoms with Crippen LogP contribution in [-0.2, 0) is 0 Å². The summed E-state index contributed by atoms with van der Waals surface area (Å²) in [5.74, 6) is 0.685. The molecule has 26 heavy (non-hydrogen) atoms. The lowest BCUT2D eigenvalue weighted by Crippen LogP contribution is -2.36. The van der Waals surface area contributed by atoms with E-state index in [1.54, 1.807) is 6.20 Å². The zero-order valence-corrected chi connectivity index (χ0v) is 15.9. The van der Waals surface area contributed by atoms with Crippen molar-refractivity contribution in [3.8, 4) is 5.75 Å². The van der Waals surface area contributed by atoms with Crippen molar-refractivity contribution < 1.29 is 4.74 Å². The van der Waals surface area contributed by atoms with E-state index in [0.29, 0.717) is 10.8 Å². The van der Waals surface area contributed by atoms with Crippen LogP contribution in [0.25, 0.3) is 5.65 Å². The van der Waals surface area contributed by atoms with Crippen molar-refractivity contribution in [2.45, 2.75) is 45.8 Å². The molecule has 0 bridgehead atoms. The molecule has 3 aromatic rings. The first kappa shape index (κ1) is 17.0. The monoisotopic (exact) mass is 368 g/mol. The highest BCUT2D eigenvalue weighted by Gasteiger charge is 2.34. The first-order chi connectivity index (χ1) is 12.5. The molecule has 0 amide bonds. The number of benzene rings is 1. The molecule has 4 rings (SSSR count). The van der Waals surface area contributed by atoms with Gasteiger partial charge in [-0.3, -0.25) is 0 Å². The van der Waals surface area contributed by atoms with Crippen LogP contribution in [0.4, 0.5) is 0 Å². The Kier molecular flexibility index (Phi) is 4.19. The standard InChI is InChI=1S/C20H21ClN4O/c1-4-5-10-20(3)24-17(14-7-6-8-16(21)18(14)26-20)15-12-23-25-13(2)9-11-22-19(15)25/h6-9,11-12H,4-5,10H2,1-3H3. The molecule has 134 valence electrons. The fourth-order valence-corrected chi connectivity index (χ4v) is 3.55. The lowest BCUT2D eigenvalue weighted by molar-refractivity contribution is 0.0823. The Morgan fingerprint density at radius 2 is 2.08 bits per heavy atom. The lowest BCUT2D eigenvalue weighted by atomic mass is 9.98. The number of aliphatic imine (C=N–C) groups is 1. The van der Waals surface area contributed by atoms with Gasteiger partial charge >= 0.3 is 0 Å². The molecule has 3 heterocycles. The molecule has 2 aromatic heterocycles. The van der Waals surface area contributed by atoms with E-state index < -0.39 is 5.72 Å². The molecule has 1 unspecified atom stereocenters. The average molecular weight is 369 g/mol. The molecule has 1 aromatic carbocycles. The minimum absolute atomic E-state index is 0.596. The summed E-state index contributed by atoms with van der Waals surface area (Å²) in [4.78, 5) is 9.53. The number of aromatic nitrogens is 3. The molecular weight excluding hydrogens is 348 g/mol. The molecule has 0 spiro atoms. The number of halogens is 1. The van der Waals surface area contributed by atoms with Gasteiger partial charge in [-0.2, -0.15) is 5.10 Å². The van der Waals surface area contributed by atoms with Crippen molar-refractivity contribution in [3.63, 3.8) is 0 Å². The highest BCUT2D eigenvalue weighted by atomic mass is 35.5. The van der Waals surface area contributed by atoms with Crippen LogP contribution < -0.4 is 4.74 Å². The molecule has 0 N–H and O–H groups in total. The van der Waals surface area contributed by atoms with Gasteiger partial charge in [0.05, 0.1) is 22.5 Å². The number of rotatable bonds is 4. The Morgan fingerprint density at radius 1 is 1.23 bits per heavy atom. The Bertz CT molecular complexity index is 1010. The van der Waals surface area contributed by atoms with E-state index in [1.807, 2.05) is 48.8 Å². The minimum atomic E-state index is -0.651. The van der Waals surface area contributed by atoms with Gasteiger partial charge in [-0.1, -0.05) is 31.0 Å². The second-order valence-corrected chi connectivity index (χ2v) is 7.24. The van der Waals surface area contributed by atoms with Gasteiger partial charge in [-0.25, -0.2) is 14.5 Å². The van der Waals surface area contributed by atoms with E-state index in [0.717, 1.165) is 47.4 Å². The molecule has 5 nitrogen and oxygen atoms in total. The molecule has 1 aliphatic heterocycles. The summed E-state index contributed by atoms with van der Waals surface area (Å²) in [6, 6.07) is 7.69. The van der Waals surface area contributed by atoms with Crippen molar-refractivity contribution in [2.24, 2.45) is 4.99 Å². The fourth-order valence-electron chi connectivity index (χ4n) is 3.33. The average Bonchev–Trinajstić information content (AvgIpc) is 3.06. The lowest BCUT2D eigenvalue weighted by Gasteiger charge is -2.33. The van der Waals surface area contributed by atoms with Crippen LogP contribution in [0, 0.1) is 6.92 Å². The summed E-state index contributed by atoms with van der Waals surface area (Å²) in [5.41, 5.74) is 3.76. The third-order valence-corrected chi connectivity index (χ3v) is 5.03. The van der Waals surface area contributed by atoms with E-state index in [1.165, 1.54) is 0 Å². The van der Waals surface area contributed by atoms with Crippen LogP contribution in [0.15, 0.2) is 41.7 Å². The number of ether oxygens (including phenoxy) is 1. The highest BCUT2D eigenvalue weighted by Crippen LogP contribution is 2.40. The van der Waals surface area contributed by atoms with Crippen LogP contribution in [0.3, 0.4) is 0 Å². The maximum atomic E-state index is 6.46. The summed E-state index contributed by atoms with van der Waals surface area (Å²) in [5, 5.41) is 5.09. The van der Waals surface area contributed by atoms with E-state index in [-0.39, 0.29) is 0 Å². The smallest absolute Gasteiger partial charge is 0.198 e. The van der Waals surface area contributed by atoms with Gasteiger partial charge in [0.1, 0.15) is 0 Å². The molecule has 0 radical (unpaired) electrons. The molecule has 0 aliphatic carbocycles. The van der Waals surface area contributed by atoms with Crippen LogP contribution in [0.5, 0.6) is 5.75 Å². The summed E-state index contributed by atoms with van der Waals surface area (Å²) in [6.07, 6.45) is 6.55. The zero-order valence-electron chi connectivity index (χ0n) is 15.2. The Hall–Kier alpha value is -2.40. The summed E-state index contributed by atoms with van der Waals surface area (Å²) in [7, 11) is 0. The number of hydrogen-bond acceptors (Lipinski definition) is 4. The van der Waals surface area contributed by atoms with Crippen molar-refractivity contribution >= 4 is 23.0 Å². The Morgan fingerprint density at radius 3 is 2.88 bits per heavy atom. The number of unbranched alkanes of at least 4 members (excludes halogenated alkanes) is 1. The van der Waals surface area contributed by atoms with Gasteiger partial charge in [0.2, 0.25) is 0 Å². The number of para-hydroxylation sites is 1. The summed E-state index contributed by atoms with van der Waals surface area (Å²) < 4.78 is 8.08. The second-order valence-electron chi connectivity index (χ2n) is 6.84. The van der Waals surface area contributed by atoms with Gasteiger partial charge in [0.25, 0.3) is 0 Å². The number of aryl methyl sites for hydroxylation is 1. The third-order valence-electron chi connectivity index (χ3n) is 4.73. The van der Waals surface area contributed by atoms with E-state index in [9.17, 15) is 0 Å². The van der Waals surface area contributed by atoms with Crippen molar-refractivity contribution in [3.05, 3.63) is 58.5 Å². The molecule has 0 fully saturated rings. The van der Waals surface area contributed by atoms with Crippen LogP contribution in [0.2, 0.25) is 5.02 Å². The van der Waals surface area contributed by atoms with Crippen molar-refractivity contribution in [2.75, 3.05) is 0 Å². The second kappa shape index (κ2) is 6.40. The molecular formula is C20H21ClN4O. The predicted octanol–water partition coefficient (Wildman–Crippen LogP) is 4.83. The molecule has 0 saturated heterocycles. The predicted molar refractivity (Wildman–Crippen MR) is 103 cm³/mol. The maximum absolute atomic E-state index is 6.46. The van der Waals surface area contributed by atoms with Crippen LogP contribution in [0.1, 0.15) is 49.9 Å². The quantitative estimate of drug-likeness (QED) is 0.662. The first-order valence-electron chi connectivity index (χ1n) is 8.90. The number of fused-ring (bicyclic) bond motifs is 2. The Balaban J connectivity index is 1.94. The molecule has 0 saturated carbocycles. The Labute approximate surface area is 157 Å². The van der Waals surface area contributed by atoms with Gasteiger partial charge < -0.3 is 4.74 Å². The van der Waals surface area contributed by atoms with E-state index >= 15 is 0 Å². The SMILES string of the molecule is CCCCC1(C)N=C(c2cnn3c(C)ccnc23)c2cccc(Cl)c2O1. The van der Waals surface area contributed by atoms with Gasteiger partial charge in [-0.05, 0) is 38.5 Å². The fraction of sp³-hybridized carbons (Fsp3) is 0.350. The highest BCUT2D eigenvalue weighted by molar-refractivity contribution is 6.33. The number of hydrogen-bond donors (Lipinski definition) is 0. The molecule has 6 heteroatoms. The summed E-state index contributed by atoms with van der Waals surface area (Å²) >= 11 is 6.46. The van der Waals surface area contributed by atoms with Crippen LogP contribution in [-0.4, -0.2) is 26.0 Å². The topological polar surface area (TPSA) is 51.8 Å². The first-order valence-corrected chi connectivity index (χ1v) is 9.27.